The van der Waals surface area contributed by atoms with Crippen molar-refractivity contribution in [1.29, 1.82) is 0 Å². The molecule has 3 saturated heterocycles. The van der Waals surface area contributed by atoms with Crippen molar-refractivity contribution in [3.8, 4) is 5.75 Å². The second-order valence-corrected chi connectivity index (χ2v) is 15.1. The number of methoxy groups -OCH3 is 1. The average Bonchev–Trinajstić information content (AvgIpc) is 3.90. The number of nitrogens with zero attached hydrogens (tertiary/aromatic N) is 7. The number of pyridine rings is 1. The summed E-state index contributed by atoms with van der Waals surface area (Å²) in [5.74, 6) is -0.882. The van der Waals surface area contributed by atoms with E-state index >= 15 is 0 Å². The van der Waals surface area contributed by atoms with E-state index in [0.717, 1.165) is 36.1 Å². The Hall–Kier alpha value is -4.47. The normalized spacial score (nSPS) is 24.1. The van der Waals surface area contributed by atoms with Crippen LogP contribution in [0, 0.1) is 0 Å². The molecule has 3 aromatic rings. The summed E-state index contributed by atoms with van der Waals surface area (Å²) in [7, 11) is 1.55. The number of hydrogen-bond donors (Lipinski definition) is 2. The Balaban J connectivity index is 1.08. The number of hydrogen-bond acceptors (Lipinski definition) is 11. The Morgan fingerprint density at radius 1 is 0.981 bits per heavy atom. The molecule has 54 heavy (non-hydrogen) atoms. The predicted octanol–water partition coefficient (Wildman–Crippen LogP) is 4.91. The summed E-state index contributed by atoms with van der Waals surface area (Å²) in [6.45, 7) is 3.71. The lowest BCUT2D eigenvalue weighted by Crippen LogP contribution is -2.59. The maximum atomic E-state index is 14.2. The van der Waals surface area contributed by atoms with E-state index in [1.165, 1.54) is 0 Å². The van der Waals surface area contributed by atoms with E-state index < -0.39 is 22.9 Å². The average molecular weight is 778 g/mol. The van der Waals surface area contributed by atoms with Crippen molar-refractivity contribution in [2.24, 2.45) is 15.4 Å². The fourth-order valence-corrected chi connectivity index (χ4v) is 8.36. The number of morpholine rings is 1. The molecular weight excluding hydrogens is 735 g/mol. The molecule has 1 aromatic heterocycles. The Morgan fingerprint density at radius 3 is 2.48 bits per heavy atom. The smallest absolute Gasteiger partial charge is 0.334 e. The van der Waals surface area contributed by atoms with Gasteiger partial charge >= 0.3 is 5.97 Å². The first-order chi connectivity index (χ1) is 26.1. The number of likely N-dealkylation sites (tertiary alicyclic amines) is 2. The van der Waals surface area contributed by atoms with Crippen LogP contribution in [0.3, 0.4) is 0 Å². The number of nitrogens with one attached hydrogen (secondary N) is 1. The van der Waals surface area contributed by atoms with E-state index in [-0.39, 0.29) is 31.0 Å². The maximum absolute atomic E-state index is 14.2. The van der Waals surface area contributed by atoms with Gasteiger partial charge in [0.05, 0.1) is 47.5 Å². The molecule has 3 fully saturated rings. The standard InChI is InChI=1S/C38H42Cl2N8O6/c1-53-32-5-2-25(31-22-42-45-43-31)20-28(32)34(49)47-17-9-37(24-47,27-3-4-29(39)30(40)21-27)8-14-46-15-10-38(11-16-46,26-6-12-41-13-7-26)36(52)44-48-18-19-54-33(23-48)35(50)51/h2-7,12-13,20-22,31,33H,8-11,14-19,23-24H2,1H3,(H,44,52)(H,50,51). The first kappa shape index (κ1) is 37.8. The highest BCUT2D eigenvalue weighted by molar-refractivity contribution is 6.42. The number of carboxylic acid groups (broad SMARTS) is 1. The third kappa shape index (κ3) is 7.71. The van der Waals surface area contributed by atoms with Gasteiger partial charge in [0.15, 0.2) is 6.10 Å². The van der Waals surface area contributed by atoms with Crippen LogP contribution in [0.5, 0.6) is 5.75 Å². The van der Waals surface area contributed by atoms with Crippen LogP contribution in [0.1, 0.15) is 58.8 Å². The molecule has 0 saturated carbocycles. The van der Waals surface area contributed by atoms with Crippen molar-refractivity contribution < 1.29 is 29.0 Å². The number of carbonyl (C=O) groups is 3. The lowest BCUT2D eigenvalue weighted by atomic mass is 9.72. The molecule has 3 unspecified atom stereocenters. The number of carboxylic acids is 1. The zero-order valence-electron chi connectivity index (χ0n) is 29.9. The lowest BCUT2D eigenvalue weighted by molar-refractivity contribution is -0.160. The minimum Gasteiger partial charge on any atom is -0.496 e. The molecule has 0 aliphatic carbocycles. The Bertz CT molecular complexity index is 1930. The summed E-state index contributed by atoms with van der Waals surface area (Å²) in [5.41, 5.74) is 4.93. The van der Waals surface area contributed by atoms with E-state index in [1.54, 1.807) is 36.8 Å². The van der Waals surface area contributed by atoms with Crippen molar-refractivity contribution in [3.05, 3.63) is 93.2 Å². The number of ether oxygens (including phenoxy) is 2. The number of rotatable bonds is 11. The molecule has 0 bridgehead atoms. The van der Waals surface area contributed by atoms with Crippen LogP contribution in [0.4, 0.5) is 0 Å². The molecule has 14 nitrogen and oxygen atoms in total. The van der Waals surface area contributed by atoms with Gasteiger partial charge in [-0.15, -0.1) is 5.10 Å². The third-order valence-corrected chi connectivity index (χ3v) is 12.0. The lowest BCUT2D eigenvalue weighted by Gasteiger charge is -2.43. The van der Waals surface area contributed by atoms with Gasteiger partial charge < -0.3 is 24.4 Å². The summed E-state index contributed by atoms with van der Waals surface area (Å²) in [6, 6.07) is 14.6. The molecule has 2 aromatic carbocycles. The maximum Gasteiger partial charge on any atom is 0.334 e. The first-order valence-electron chi connectivity index (χ1n) is 18.0. The number of amides is 2. The van der Waals surface area contributed by atoms with Gasteiger partial charge in [0.1, 0.15) is 11.8 Å². The molecule has 5 heterocycles. The molecule has 4 aliphatic heterocycles. The van der Waals surface area contributed by atoms with E-state index in [0.29, 0.717) is 66.9 Å². The SMILES string of the molecule is COc1ccc(C2C=NN=N2)cc1C(=O)N1CCC(CCN2CCC(C(=O)NN3CCOC(C(=O)O)C3)(c3ccncc3)CC2)(c2ccc(Cl)c(Cl)c2)C1. The molecule has 284 valence electrons. The van der Waals surface area contributed by atoms with Gasteiger partial charge in [0.25, 0.3) is 5.91 Å². The topological polar surface area (TPSA) is 162 Å². The predicted molar refractivity (Wildman–Crippen MR) is 201 cm³/mol. The highest BCUT2D eigenvalue weighted by atomic mass is 35.5. The number of carbonyl (C=O) groups excluding carboxylic acids is 2. The number of hydrazine groups is 1. The molecule has 2 amide bonds. The van der Waals surface area contributed by atoms with E-state index in [2.05, 4.69) is 30.7 Å². The molecular formula is C38H42Cl2N8O6. The number of aromatic nitrogens is 1. The molecule has 0 radical (unpaired) electrons. The van der Waals surface area contributed by atoms with Crippen molar-refractivity contribution in [3.63, 3.8) is 0 Å². The van der Waals surface area contributed by atoms with Gasteiger partial charge in [0.2, 0.25) is 5.91 Å². The molecule has 7 rings (SSSR count). The quantitative estimate of drug-likeness (QED) is 0.276. The van der Waals surface area contributed by atoms with Crippen LogP contribution in [-0.4, -0.2) is 115 Å². The molecule has 0 spiro atoms. The fourth-order valence-electron chi connectivity index (χ4n) is 8.06. The highest BCUT2D eigenvalue weighted by Gasteiger charge is 2.46. The molecule has 16 heteroatoms. The van der Waals surface area contributed by atoms with Crippen molar-refractivity contribution in [2.45, 2.75) is 48.7 Å². The van der Waals surface area contributed by atoms with Gasteiger partial charge in [0, 0.05) is 37.4 Å². The Kier molecular flexibility index (Phi) is 11.3. The zero-order chi connectivity index (χ0) is 37.9. The van der Waals surface area contributed by atoms with Crippen LogP contribution in [0.25, 0.3) is 0 Å². The van der Waals surface area contributed by atoms with Gasteiger partial charge in [-0.1, -0.05) is 35.3 Å². The van der Waals surface area contributed by atoms with Crippen LogP contribution in [0.15, 0.2) is 76.4 Å². The van der Waals surface area contributed by atoms with Crippen LogP contribution < -0.4 is 10.2 Å². The van der Waals surface area contributed by atoms with Crippen LogP contribution >= 0.6 is 23.2 Å². The van der Waals surface area contributed by atoms with Gasteiger partial charge in [-0.25, -0.2) is 9.80 Å². The minimum absolute atomic E-state index is 0.0650. The number of aliphatic carboxylic acids is 1. The number of benzene rings is 2. The second-order valence-electron chi connectivity index (χ2n) is 14.3. The number of piperidine rings is 1. The first-order valence-corrected chi connectivity index (χ1v) is 18.8. The summed E-state index contributed by atoms with van der Waals surface area (Å²) in [4.78, 5) is 48.4. The van der Waals surface area contributed by atoms with Crippen LogP contribution in [0.2, 0.25) is 10.0 Å². The Morgan fingerprint density at radius 2 is 1.78 bits per heavy atom. The van der Waals surface area contributed by atoms with Gasteiger partial charge in [-0.2, -0.15) is 5.11 Å². The van der Waals surface area contributed by atoms with E-state index in [4.69, 9.17) is 32.7 Å². The van der Waals surface area contributed by atoms with E-state index in [1.807, 2.05) is 47.4 Å². The Labute approximate surface area is 323 Å². The summed E-state index contributed by atoms with van der Waals surface area (Å²) in [5, 5.41) is 23.8. The molecule has 2 N–H and O–H groups in total. The minimum atomic E-state index is -1.06. The van der Waals surface area contributed by atoms with Crippen molar-refractivity contribution >= 4 is 47.2 Å². The third-order valence-electron chi connectivity index (χ3n) is 11.3. The summed E-state index contributed by atoms with van der Waals surface area (Å²) >= 11 is 12.9. The van der Waals surface area contributed by atoms with Crippen LogP contribution in [-0.2, 0) is 25.2 Å². The van der Waals surface area contributed by atoms with E-state index in [9.17, 15) is 19.5 Å². The largest absolute Gasteiger partial charge is 0.496 e. The zero-order valence-corrected chi connectivity index (χ0v) is 31.4. The second kappa shape index (κ2) is 16.1. The fraction of sp³-hybridized carbons (Fsp3) is 0.447. The van der Waals surface area contributed by atoms with Gasteiger partial charge in [-0.3, -0.25) is 20.0 Å². The molecule has 4 aliphatic rings. The summed E-state index contributed by atoms with van der Waals surface area (Å²) < 4.78 is 11.0. The molecule has 3 atom stereocenters. The van der Waals surface area contributed by atoms with Gasteiger partial charge in [-0.05, 0) is 104 Å². The monoisotopic (exact) mass is 776 g/mol. The summed E-state index contributed by atoms with van der Waals surface area (Å²) in [6.07, 6.45) is 6.59. The number of halogens is 2. The van der Waals surface area contributed by atoms with Crippen molar-refractivity contribution in [2.75, 3.05) is 59.5 Å². The highest BCUT2D eigenvalue weighted by Crippen LogP contribution is 2.42. The van der Waals surface area contributed by atoms with Crippen molar-refractivity contribution in [1.82, 2.24) is 25.2 Å².